The van der Waals surface area contributed by atoms with Crippen molar-refractivity contribution >= 4 is 11.6 Å². The zero-order valence-corrected chi connectivity index (χ0v) is 10.8. The fourth-order valence-electron chi connectivity index (χ4n) is 2.34. The lowest BCUT2D eigenvalue weighted by atomic mass is 10.2. The molecule has 20 heavy (non-hydrogen) atoms. The first-order valence-electron chi connectivity index (χ1n) is 6.45. The van der Waals surface area contributed by atoms with Crippen molar-refractivity contribution in [3.63, 3.8) is 0 Å². The first kappa shape index (κ1) is 12.7. The van der Waals surface area contributed by atoms with E-state index in [0.717, 1.165) is 0 Å². The van der Waals surface area contributed by atoms with Gasteiger partial charge in [-0.05, 0) is 12.1 Å². The first-order valence-corrected chi connectivity index (χ1v) is 6.45. The van der Waals surface area contributed by atoms with Crippen LogP contribution in [0.5, 0.6) is 0 Å². The van der Waals surface area contributed by atoms with Crippen molar-refractivity contribution in [2.45, 2.75) is 0 Å². The molecular formula is C14H14FN3O2. The van der Waals surface area contributed by atoms with Gasteiger partial charge in [0.1, 0.15) is 5.82 Å². The molecule has 2 heterocycles. The Hall–Kier alpha value is -2.37. The molecule has 1 aromatic heterocycles. The van der Waals surface area contributed by atoms with Gasteiger partial charge >= 0.3 is 0 Å². The van der Waals surface area contributed by atoms with Crippen molar-refractivity contribution in [2.75, 3.05) is 31.1 Å². The van der Waals surface area contributed by atoms with Gasteiger partial charge in [-0.2, -0.15) is 0 Å². The van der Waals surface area contributed by atoms with Gasteiger partial charge in [-0.3, -0.25) is 4.79 Å². The molecule has 2 aromatic rings. The van der Waals surface area contributed by atoms with Crippen molar-refractivity contribution in [3.05, 3.63) is 48.1 Å². The largest absolute Gasteiger partial charge is 0.366 e. The van der Waals surface area contributed by atoms with Crippen LogP contribution in [0, 0.1) is 5.82 Å². The molecule has 0 aliphatic carbocycles. The van der Waals surface area contributed by atoms with Gasteiger partial charge in [0, 0.05) is 32.2 Å². The van der Waals surface area contributed by atoms with Crippen LogP contribution in [-0.4, -0.2) is 42.1 Å². The SMILES string of the molecule is O=C(c1ccno1)N1CCN(c2ccccc2F)CC1. The fourth-order valence-corrected chi connectivity index (χ4v) is 2.34. The monoisotopic (exact) mass is 275 g/mol. The van der Waals surface area contributed by atoms with Crippen LogP contribution in [0.25, 0.3) is 0 Å². The van der Waals surface area contributed by atoms with Gasteiger partial charge in [0.25, 0.3) is 5.91 Å². The molecule has 0 atom stereocenters. The molecule has 104 valence electrons. The Kier molecular flexibility index (Phi) is 3.37. The number of carbonyl (C=O) groups excluding carboxylic acids is 1. The standard InChI is InChI=1S/C14H14FN3O2/c15-11-3-1-2-4-12(11)17-7-9-18(10-8-17)14(19)13-5-6-16-20-13/h1-6H,7-10H2. The zero-order chi connectivity index (χ0) is 13.9. The Morgan fingerprint density at radius 2 is 1.90 bits per heavy atom. The number of hydrogen-bond acceptors (Lipinski definition) is 4. The number of para-hydroxylation sites is 1. The van der Waals surface area contributed by atoms with E-state index < -0.39 is 0 Å². The summed E-state index contributed by atoms with van der Waals surface area (Å²) in [7, 11) is 0. The number of hydrogen-bond donors (Lipinski definition) is 0. The first-order chi connectivity index (χ1) is 9.75. The number of halogens is 1. The molecule has 0 saturated carbocycles. The van der Waals surface area contributed by atoms with Gasteiger partial charge in [0.15, 0.2) is 0 Å². The second kappa shape index (κ2) is 5.32. The van der Waals surface area contributed by atoms with Crippen LogP contribution in [-0.2, 0) is 0 Å². The summed E-state index contributed by atoms with van der Waals surface area (Å²) in [5, 5.41) is 3.53. The molecule has 1 saturated heterocycles. The minimum Gasteiger partial charge on any atom is -0.366 e. The zero-order valence-electron chi connectivity index (χ0n) is 10.8. The maximum atomic E-state index is 13.7. The number of nitrogens with zero attached hydrogens (tertiary/aromatic N) is 3. The summed E-state index contributed by atoms with van der Waals surface area (Å²) in [5.41, 5.74) is 0.583. The topological polar surface area (TPSA) is 49.6 Å². The number of benzene rings is 1. The van der Waals surface area contributed by atoms with Crippen LogP contribution < -0.4 is 4.90 Å². The molecule has 1 aliphatic heterocycles. The molecule has 0 spiro atoms. The molecule has 0 unspecified atom stereocenters. The van der Waals surface area contributed by atoms with E-state index in [2.05, 4.69) is 5.16 Å². The summed E-state index contributed by atoms with van der Waals surface area (Å²) in [6.07, 6.45) is 1.45. The van der Waals surface area contributed by atoms with E-state index in [-0.39, 0.29) is 17.5 Å². The third kappa shape index (κ3) is 2.36. The molecule has 0 bridgehead atoms. The lowest BCUT2D eigenvalue weighted by molar-refractivity contribution is 0.0704. The lowest BCUT2D eigenvalue weighted by Crippen LogP contribution is -2.49. The Morgan fingerprint density at radius 3 is 2.55 bits per heavy atom. The van der Waals surface area contributed by atoms with Gasteiger partial charge in [-0.25, -0.2) is 4.39 Å². The van der Waals surface area contributed by atoms with Crippen LogP contribution >= 0.6 is 0 Å². The maximum Gasteiger partial charge on any atom is 0.292 e. The van der Waals surface area contributed by atoms with Crippen LogP contribution in [0.15, 0.2) is 41.1 Å². The normalized spacial score (nSPS) is 15.4. The highest BCUT2D eigenvalue weighted by Gasteiger charge is 2.25. The van der Waals surface area contributed by atoms with Gasteiger partial charge in [-0.15, -0.1) is 0 Å². The van der Waals surface area contributed by atoms with E-state index in [0.29, 0.717) is 31.9 Å². The summed E-state index contributed by atoms with van der Waals surface area (Å²) in [5.74, 6) is -0.164. The summed E-state index contributed by atoms with van der Waals surface area (Å²) >= 11 is 0. The van der Waals surface area contributed by atoms with E-state index in [4.69, 9.17) is 4.52 Å². The predicted molar refractivity (Wildman–Crippen MR) is 71.0 cm³/mol. The predicted octanol–water partition coefficient (Wildman–Crippen LogP) is 1.78. The highest BCUT2D eigenvalue weighted by atomic mass is 19.1. The maximum absolute atomic E-state index is 13.7. The molecule has 1 aliphatic rings. The number of anilines is 1. The van der Waals surface area contributed by atoms with Crippen LogP contribution in [0.2, 0.25) is 0 Å². The Morgan fingerprint density at radius 1 is 1.15 bits per heavy atom. The number of aromatic nitrogens is 1. The Bertz CT molecular complexity index is 592. The molecule has 5 nitrogen and oxygen atoms in total. The average molecular weight is 275 g/mol. The molecule has 6 heteroatoms. The second-order valence-corrected chi connectivity index (χ2v) is 4.61. The Balaban J connectivity index is 1.65. The van der Waals surface area contributed by atoms with E-state index in [1.165, 1.54) is 12.3 Å². The third-order valence-electron chi connectivity index (χ3n) is 3.41. The summed E-state index contributed by atoms with van der Waals surface area (Å²) in [4.78, 5) is 15.7. The average Bonchev–Trinajstić information content (AvgIpc) is 3.01. The number of rotatable bonds is 2. The van der Waals surface area contributed by atoms with Crippen LogP contribution in [0.3, 0.4) is 0 Å². The van der Waals surface area contributed by atoms with Gasteiger partial charge in [-0.1, -0.05) is 17.3 Å². The molecule has 0 radical (unpaired) electrons. The third-order valence-corrected chi connectivity index (χ3v) is 3.41. The Labute approximate surface area is 115 Å². The van der Waals surface area contributed by atoms with E-state index in [1.54, 1.807) is 23.1 Å². The van der Waals surface area contributed by atoms with Gasteiger partial charge in [0.2, 0.25) is 5.76 Å². The van der Waals surface area contributed by atoms with Crippen molar-refractivity contribution in [3.8, 4) is 0 Å². The molecular weight excluding hydrogens is 261 g/mol. The molecule has 1 amide bonds. The minimum absolute atomic E-state index is 0.171. The van der Waals surface area contributed by atoms with Crippen molar-refractivity contribution in [2.24, 2.45) is 0 Å². The highest BCUT2D eigenvalue weighted by Crippen LogP contribution is 2.20. The molecule has 0 N–H and O–H groups in total. The molecule has 3 rings (SSSR count). The summed E-state index contributed by atoms with van der Waals surface area (Å²) in [6.45, 7) is 2.27. The number of amides is 1. The van der Waals surface area contributed by atoms with E-state index in [9.17, 15) is 9.18 Å². The van der Waals surface area contributed by atoms with Gasteiger partial charge < -0.3 is 14.3 Å². The fraction of sp³-hybridized carbons (Fsp3) is 0.286. The van der Waals surface area contributed by atoms with Crippen LogP contribution in [0.1, 0.15) is 10.6 Å². The van der Waals surface area contributed by atoms with Crippen molar-refractivity contribution in [1.29, 1.82) is 0 Å². The van der Waals surface area contributed by atoms with Crippen LogP contribution in [0.4, 0.5) is 10.1 Å². The van der Waals surface area contributed by atoms with E-state index >= 15 is 0 Å². The summed E-state index contributed by atoms with van der Waals surface area (Å²) < 4.78 is 18.6. The smallest absolute Gasteiger partial charge is 0.292 e. The van der Waals surface area contributed by atoms with E-state index in [1.807, 2.05) is 11.0 Å². The van der Waals surface area contributed by atoms with Gasteiger partial charge in [0.05, 0.1) is 11.9 Å². The minimum atomic E-state index is -0.234. The van der Waals surface area contributed by atoms with Crippen molar-refractivity contribution in [1.82, 2.24) is 10.1 Å². The summed E-state index contributed by atoms with van der Waals surface area (Å²) in [6, 6.07) is 8.23. The number of piperazine rings is 1. The molecule has 1 fully saturated rings. The number of carbonyl (C=O) groups is 1. The lowest BCUT2D eigenvalue weighted by Gasteiger charge is -2.35. The quantitative estimate of drug-likeness (QED) is 0.838. The molecule has 1 aromatic carbocycles. The second-order valence-electron chi connectivity index (χ2n) is 4.61. The highest BCUT2D eigenvalue weighted by molar-refractivity contribution is 5.91. The van der Waals surface area contributed by atoms with Crippen molar-refractivity contribution < 1.29 is 13.7 Å².